The van der Waals surface area contributed by atoms with Gasteiger partial charge in [0.25, 0.3) is 11.8 Å². The van der Waals surface area contributed by atoms with Crippen molar-refractivity contribution in [3.8, 4) is 21.9 Å². The lowest BCUT2D eigenvalue weighted by atomic mass is 10.1. The highest BCUT2D eigenvalue weighted by atomic mass is 32.2. The van der Waals surface area contributed by atoms with Crippen molar-refractivity contribution < 1.29 is 19.1 Å². The van der Waals surface area contributed by atoms with E-state index in [9.17, 15) is 9.59 Å². The standard InChI is InChI=1S/C24H23N3O4S2/c1-15-26-20(22(33-15)16-6-3-2-4-7-16)24(29)27-10-13-32-19(27)14-25-23(28)17-8-5-9-18-21(17)31-12-11-30-18/h2-9,19H,10-14H2,1H3,(H,25,28). The van der Waals surface area contributed by atoms with E-state index in [0.717, 1.165) is 21.2 Å². The molecule has 5 rings (SSSR count). The molecule has 0 saturated carbocycles. The van der Waals surface area contributed by atoms with Gasteiger partial charge in [0.2, 0.25) is 0 Å². The van der Waals surface area contributed by atoms with Crippen molar-refractivity contribution in [1.82, 2.24) is 15.2 Å². The number of nitrogens with one attached hydrogen (secondary N) is 1. The number of thiazole rings is 1. The summed E-state index contributed by atoms with van der Waals surface area (Å²) in [6.45, 7) is 3.75. The quantitative estimate of drug-likeness (QED) is 0.597. The van der Waals surface area contributed by atoms with Crippen LogP contribution in [0.15, 0.2) is 48.5 Å². The maximum Gasteiger partial charge on any atom is 0.274 e. The molecule has 3 aromatic rings. The Hall–Kier alpha value is -3.04. The van der Waals surface area contributed by atoms with Crippen molar-refractivity contribution in [2.24, 2.45) is 0 Å². The third kappa shape index (κ3) is 4.43. The number of aryl methyl sites for hydroxylation is 1. The van der Waals surface area contributed by atoms with Crippen LogP contribution in [0.5, 0.6) is 11.5 Å². The molecule has 7 nitrogen and oxygen atoms in total. The van der Waals surface area contributed by atoms with Crippen molar-refractivity contribution in [1.29, 1.82) is 0 Å². The van der Waals surface area contributed by atoms with Gasteiger partial charge in [0.1, 0.15) is 18.9 Å². The number of hydrogen-bond donors (Lipinski definition) is 1. The van der Waals surface area contributed by atoms with Crippen molar-refractivity contribution in [2.45, 2.75) is 12.3 Å². The molecule has 9 heteroatoms. The van der Waals surface area contributed by atoms with Crippen LogP contribution in [0.3, 0.4) is 0 Å². The first-order chi connectivity index (χ1) is 16.1. The zero-order chi connectivity index (χ0) is 22.8. The van der Waals surface area contributed by atoms with E-state index in [1.165, 1.54) is 11.3 Å². The summed E-state index contributed by atoms with van der Waals surface area (Å²) in [5, 5.41) is 3.66. The number of amides is 2. The Morgan fingerprint density at radius 1 is 1.12 bits per heavy atom. The molecule has 0 bridgehead atoms. The van der Waals surface area contributed by atoms with Crippen molar-refractivity contribution >= 4 is 34.9 Å². The molecule has 170 valence electrons. The van der Waals surface area contributed by atoms with Crippen molar-refractivity contribution in [2.75, 3.05) is 32.1 Å². The van der Waals surface area contributed by atoms with E-state index >= 15 is 0 Å². The van der Waals surface area contributed by atoms with Crippen LogP contribution in [0.1, 0.15) is 25.9 Å². The number of fused-ring (bicyclic) bond motifs is 1. The lowest BCUT2D eigenvalue weighted by molar-refractivity contribution is 0.0746. The first kappa shape index (κ1) is 21.8. The molecule has 3 heterocycles. The summed E-state index contributed by atoms with van der Waals surface area (Å²) in [7, 11) is 0. The fourth-order valence-electron chi connectivity index (χ4n) is 3.94. The lowest BCUT2D eigenvalue weighted by Gasteiger charge is -2.24. The van der Waals surface area contributed by atoms with E-state index in [4.69, 9.17) is 9.47 Å². The normalized spacial score (nSPS) is 17.1. The van der Waals surface area contributed by atoms with Crippen LogP contribution >= 0.6 is 23.1 Å². The fraction of sp³-hybridized carbons (Fsp3) is 0.292. The molecule has 2 aromatic carbocycles. The molecule has 1 atom stereocenters. The summed E-state index contributed by atoms with van der Waals surface area (Å²) in [5.74, 6) is 1.52. The van der Waals surface area contributed by atoms with E-state index in [2.05, 4.69) is 10.3 Å². The Balaban J connectivity index is 1.31. The number of thioether (sulfide) groups is 1. The Morgan fingerprint density at radius 3 is 2.79 bits per heavy atom. The molecule has 1 aromatic heterocycles. The maximum absolute atomic E-state index is 13.5. The van der Waals surface area contributed by atoms with Crippen LogP contribution < -0.4 is 14.8 Å². The van der Waals surface area contributed by atoms with Gasteiger partial charge in [0, 0.05) is 18.8 Å². The minimum absolute atomic E-state index is 0.101. The van der Waals surface area contributed by atoms with Crippen LogP contribution in [-0.4, -0.2) is 59.1 Å². The molecule has 2 amide bonds. The summed E-state index contributed by atoms with van der Waals surface area (Å²) in [6, 6.07) is 15.1. The highest BCUT2D eigenvalue weighted by Gasteiger charge is 2.33. The van der Waals surface area contributed by atoms with E-state index < -0.39 is 0 Å². The smallest absolute Gasteiger partial charge is 0.274 e. The number of benzene rings is 2. The average Bonchev–Trinajstić information content (AvgIpc) is 3.49. The van der Waals surface area contributed by atoms with Gasteiger partial charge in [-0.1, -0.05) is 36.4 Å². The van der Waals surface area contributed by atoms with E-state index in [1.807, 2.05) is 42.2 Å². The summed E-state index contributed by atoms with van der Waals surface area (Å²) in [4.78, 5) is 33.6. The predicted octanol–water partition coefficient (Wildman–Crippen LogP) is 3.83. The number of ether oxygens (including phenoxy) is 2. The topological polar surface area (TPSA) is 80.8 Å². The molecule has 2 aliphatic heterocycles. The Kier molecular flexibility index (Phi) is 6.24. The fourth-order valence-corrected chi connectivity index (χ4v) is 6.02. The SMILES string of the molecule is Cc1nc(C(=O)N2CCSC2CNC(=O)c2cccc3c2OCCO3)c(-c2ccccc2)s1. The van der Waals surface area contributed by atoms with Crippen LogP contribution in [0, 0.1) is 6.92 Å². The lowest BCUT2D eigenvalue weighted by Crippen LogP contribution is -2.42. The molecule has 0 aliphatic carbocycles. The first-order valence-corrected chi connectivity index (χ1v) is 12.6. The average molecular weight is 482 g/mol. The highest BCUT2D eigenvalue weighted by Crippen LogP contribution is 2.35. The second-order valence-corrected chi connectivity index (χ2v) is 10.1. The number of carbonyl (C=O) groups excluding carboxylic acids is 2. The molecule has 1 unspecified atom stereocenters. The number of aromatic nitrogens is 1. The van der Waals surface area contributed by atoms with Crippen LogP contribution in [0.4, 0.5) is 0 Å². The van der Waals surface area contributed by atoms with Crippen LogP contribution in [0.2, 0.25) is 0 Å². The predicted molar refractivity (Wildman–Crippen MR) is 129 cm³/mol. The zero-order valence-electron chi connectivity index (χ0n) is 18.1. The van der Waals surface area contributed by atoms with Gasteiger partial charge in [-0.25, -0.2) is 4.98 Å². The Bertz CT molecular complexity index is 1180. The van der Waals surface area contributed by atoms with Gasteiger partial charge >= 0.3 is 0 Å². The summed E-state index contributed by atoms with van der Waals surface area (Å²) in [6.07, 6.45) is 0. The summed E-state index contributed by atoms with van der Waals surface area (Å²) < 4.78 is 11.2. The maximum atomic E-state index is 13.5. The van der Waals surface area contributed by atoms with E-state index in [1.54, 1.807) is 30.0 Å². The summed E-state index contributed by atoms with van der Waals surface area (Å²) >= 11 is 3.18. The monoisotopic (exact) mass is 481 g/mol. The van der Waals surface area contributed by atoms with Gasteiger partial charge in [0.05, 0.1) is 20.8 Å². The highest BCUT2D eigenvalue weighted by molar-refractivity contribution is 8.00. The zero-order valence-corrected chi connectivity index (χ0v) is 19.7. The molecule has 1 N–H and O–H groups in total. The first-order valence-electron chi connectivity index (χ1n) is 10.7. The molecule has 2 aliphatic rings. The molecule has 0 spiro atoms. The van der Waals surface area contributed by atoms with Gasteiger partial charge in [0.15, 0.2) is 11.5 Å². The second kappa shape index (κ2) is 9.44. The number of nitrogens with zero attached hydrogens (tertiary/aromatic N) is 2. The minimum Gasteiger partial charge on any atom is -0.486 e. The molecular weight excluding hydrogens is 458 g/mol. The third-order valence-electron chi connectivity index (χ3n) is 5.47. The Morgan fingerprint density at radius 2 is 1.94 bits per heavy atom. The van der Waals surface area contributed by atoms with E-state index in [-0.39, 0.29) is 17.2 Å². The largest absolute Gasteiger partial charge is 0.486 e. The molecule has 1 saturated heterocycles. The second-order valence-electron chi connectivity index (χ2n) is 7.64. The van der Waals surface area contributed by atoms with Gasteiger partial charge in [-0.15, -0.1) is 23.1 Å². The Labute approximate surface area is 200 Å². The van der Waals surface area contributed by atoms with Gasteiger partial charge < -0.3 is 19.7 Å². The molecular formula is C24H23N3O4S2. The van der Waals surface area contributed by atoms with Crippen LogP contribution in [0.25, 0.3) is 10.4 Å². The third-order valence-corrected chi connectivity index (χ3v) is 7.72. The van der Waals surface area contributed by atoms with E-state index in [0.29, 0.717) is 49.1 Å². The minimum atomic E-state index is -0.244. The van der Waals surface area contributed by atoms with Gasteiger partial charge in [-0.3, -0.25) is 9.59 Å². The number of hydrogen-bond acceptors (Lipinski definition) is 7. The molecule has 33 heavy (non-hydrogen) atoms. The van der Waals surface area contributed by atoms with Crippen LogP contribution in [-0.2, 0) is 0 Å². The number of carbonyl (C=O) groups is 2. The molecule has 0 radical (unpaired) electrons. The molecule has 1 fully saturated rings. The number of rotatable bonds is 5. The number of para-hydroxylation sites is 1. The van der Waals surface area contributed by atoms with Gasteiger partial charge in [-0.05, 0) is 24.6 Å². The van der Waals surface area contributed by atoms with Crippen molar-refractivity contribution in [3.05, 3.63) is 64.8 Å². The summed E-state index contributed by atoms with van der Waals surface area (Å²) in [5.41, 5.74) is 1.90. The van der Waals surface area contributed by atoms with Gasteiger partial charge in [-0.2, -0.15) is 0 Å². The van der Waals surface area contributed by atoms with Crippen molar-refractivity contribution in [3.63, 3.8) is 0 Å².